The van der Waals surface area contributed by atoms with Gasteiger partial charge in [-0.2, -0.15) is 4.31 Å². The van der Waals surface area contributed by atoms with Crippen molar-refractivity contribution in [2.75, 3.05) is 33.7 Å². The Labute approximate surface area is 168 Å². The number of hydrogen-bond acceptors (Lipinski definition) is 5. The molecule has 0 aliphatic carbocycles. The van der Waals surface area contributed by atoms with Crippen molar-refractivity contribution in [1.29, 1.82) is 0 Å². The molecule has 2 rings (SSSR count). The van der Waals surface area contributed by atoms with Crippen LogP contribution in [0.15, 0.2) is 34.1 Å². The zero-order valence-corrected chi connectivity index (χ0v) is 18.4. The minimum atomic E-state index is -3.80. The van der Waals surface area contributed by atoms with E-state index in [-0.39, 0.29) is 28.2 Å². The van der Waals surface area contributed by atoms with Gasteiger partial charge in [-0.15, -0.1) is 0 Å². The maximum Gasteiger partial charge on any atom is 0.243 e. The normalized spacial score (nSPS) is 19.1. The van der Waals surface area contributed by atoms with Gasteiger partial charge in [-0.3, -0.25) is 4.79 Å². The van der Waals surface area contributed by atoms with E-state index in [1.54, 1.807) is 0 Å². The molecule has 10 heteroatoms. The Hall–Kier alpha value is -1.49. The molecule has 1 fully saturated rings. The number of carbonyl (C=O) groups excluding carboxylic acids is 1. The first-order chi connectivity index (χ1) is 13.0. The highest BCUT2D eigenvalue weighted by Crippen LogP contribution is 2.25. The molecule has 1 N–H and O–H groups in total. The van der Waals surface area contributed by atoms with Crippen LogP contribution in [0.2, 0.25) is 0 Å². The second-order valence-electron chi connectivity index (χ2n) is 7.60. The SMILES string of the molecule is CC(C)CNC(=O)[C@@H]1CCCN(S(=O)(=O)c2ccc(S(=O)(=O)N(C)C)cc2)C1. The van der Waals surface area contributed by atoms with Gasteiger partial charge in [-0.05, 0) is 43.0 Å². The third-order valence-electron chi connectivity index (χ3n) is 4.68. The molecule has 8 nitrogen and oxygen atoms in total. The molecule has 158 valence electrons. The van der Waals surface area contributed by atoms with Crippen LogP contribution in [0.3, 0.4) is 0 Å². The molecular formula is C18H29N3O5S2. The third-order valence-corrected chi connectivity index (χ3v) is 8.39. The Morgan fingerprint density at radius 1 is 1.14 bits per heavy atom. The molecule has 0 spiro atoms. The summed E-state index contributed by atoms with van der Waals surface area (Å²) in [6, 6.07) is 5.18. The van der Waals surface area contributed by atoms with E-state index in [1.165, 1.54) is 42.7 Å². The average Bonchev–Trinajstić information content (AvgIpc) is 2.66. The number of sulfonamides is 2. The molecular weight excluding hydrogens is 402 g/mol. The second kappa shape index (κ2) is 8.89. The van der Waals surface area contributed by atoms with E-state index >= 15 is 0 Å². The van der Waals surface area contributed by atoms with E-state index in [9.17, 15) is 21.6 Å². The van der Waals surface area contributed by atoms with Gasteiger partial charge >= 0.3 is 0 Å². The van der Waals surface area contributed by atoms with Gasteiger partial charge in [0, 0.05) is 33.7 Å². The minimum absolute atomic E-state index is 0.0217. The first-order valence-electron chi connectivity index (χ1n) is 9.26. The molecule has 0 aromatic heterocycles. The fourth-order valence-corrected chi connectivity index (χ4v) is 5.39. The molecule has 1 atom stereocenters. The van der Waals surface area contributed by atoms with Gasteiger partial charge in [0.2, 0.25) is 26.0 Å². The summed E-state index contributed by atoms with van der Waals surface area (Å²) >= 11 is 0. The number of nitrogens with zero attached hydrogens (tertiary/aromatic N) is 2. The van der Waals surface area contributed by atoms with Crippen molar-refractivity contribution in [2.24, 2.45) is 11.8 Å². The van der Waals surface area contributed by atoms with Crippen LogP contribution in [0.4, 0.5) is 0 Å². The maximum atomic E-state index is 13.0. The van der Waals surface area contributed by atoms with Crippen molar-refractivity contribution in [3.8, 4) is 0 Å². The second-order valence-corrected chi connectivity index (χ2v) is 11.7. The van der Waals surface area contributed by atoms with Gasteiger partial charge in [0.05, 0.1) is 15.7 Å². The van der Waals surface area contributed by atoms with Gasteiger partial charge in [0.15, 0.2) is 0 Å². The largest absolute Gasteiger partial charge is 0.356 e. The van der Waals surface area contributed by atoms with E-state index in [2.05, 4.69) is 5.32 Å². The summed E-state index contributed by atoms with van der Waals surface area (Å²) in [5.41, 5.74) is 0. The van der Waals surface area contributed by atoms with Crippen molar-refractivity contribution in [2.45, 2.75) is 36.5 Å². The minimum Gasteiger partial charge on any atom is -0.356 e. The first-order valence-corrected chi connectivity index (χ1v) is 12.1. The van der Waals surface area contributed by atoms with Gasteiger partial charge < -0.3 is 5.32 Å². The summed E-state index contributed by atoms with van der Waals surface area (Å²) in [4.78, 5) is 12.4. The Balaban J connectivity index is 2.16. The van der Waals surface area contributed by atoms with Crippen LogP contribution >= 0.6 is 0 Å². The monoisotopic (exact) mass is 431 g/mol. The molecule has 1 aliphatic rings. The fraction of sp³-hybridized carbons (Fsp3) is 0.611. The van der Waals surface area contributed by atoms with Gasteiger partial charge in [-0.25, -0.2) is 21.1 Å². The molecule has 28 heavy (non-hydrogen) atoms. The Kier molecular flexibility index (Phi) is 7.24. The van der Waals surface area contributed by atoms with Crippen molar-refractivity contribution >= 4 is 26.0 Å². The molecule has 1 heterocycles. The number of piperidine rings is 1. The summed E-state index contributed by atoms with van der Waals surface area (Å²) in [6.07, 6.45) is 1.25. The predicted octanol–water partition coefficient (Wildman–Crippen LogP) is 1.11. The number of rotatable bonds is 7. The van der Waals surface area contributed by atoms with E-state index in [0.717, 1.165) is 4.31 Å². The number of carbonyl (C=O) groups is 1. The van der Waals surface area contributed by atoms with Crippen LogP contribution in [0.5, 0.6) is 0 Å². The quantitative estimate of drug-likeness (QED) is 0.696. The molecule has 0 unspecified atom stereocenters. The highest BCUT2D eigenvalue weighted by molar-refractivity contribution is 7.89. The molecule has 1 aromatic carbocycles. The van der Waals surface area contributed by atoms with Crippen LogP contribution < -0.4 is 5.32 Å². The topological polar surface area (TPSA) is 104 Å². The van der Waals surface area contributed by atoms with Crippen LogP contribution in [0, 0.1) is 11.8 Å². The maximum absolute atomic E-state index is 13.0. The average molecular weight is 432 g/mol. The lowest BCUT2D eigenvalue weighted by molar-refractivity contribution is -0.126. The smallest absolute Gasteiger partial charge is 0.243 e. The summed E-state index contributed by atoms with van der Waals surface area (Å²) in [5.74, 6) is -0.180. The van der Waals surface area contributed by atoms with Crippen LogP contribution in [0.1, 0.15) is 26.7 Å². The molecule has 0 bridgehead atoms. The zero-order valence-electron chi connectivity index (χ0n) is 16.8. The van der Waals surface area contributed by atoms with Gasteiger partial charge in [0.1, 0.15) is 0 Å². The van der Waals surface area contributed by atoms with Crippen LogP contribution in [-0.4, -0.2) is 65.1 Å². The Bertz CT molecular complexity index is 894. The Morgan fingerprint density at radius 3 is 2.25 bits per heavy atom. The molecule has 0 radical (unpaired) electrons. The molecule has 1 amide bonds. The standard InChI is InChI=1S/C18H29N3O5S2/c1-14(2)12-19-18(22)15-6-5-11-21(13-15)28(25,26)17-9-7-16(8-10-17)27(23,24)20(3)4/h7-10,14-15H,5-6,11-13H2,1-4H3,(H,19,22)/t15-/m1/s1. The summed E-state index contributed by atoms with van der Waals surface area (Å²) in [5, 5.41) is 2.87. The van der Waals surface area contributed by atoms with Crippen molar-refractivity contribution in [3.05, 3.63) is 24.3 Å². The van der Waals surface area contributed by atoms with Crippen molar-refractivity contribution in [1.82, 2.24) is 13.9 Å². The number of benzene rings is 1. The summed E-state index contributed by atoms with van der Waals surface area (Å²) in [7, 11) is -4.59. The van der Waals surface area contributed by atoms with E-state index in [1.807, 2.05) is 13.8 Å². The highest BCUT2D eigenvalue weighted by atomic mass is 32.2. The van der Waals surface area contributed by atoms with E-state index in [4.69, 9.17) is 0 Å². The number of amides is 1. The Morgan fingerprint density at radius 2 is 1.71 bits per heavy atom. The zero-order chi connectivity index (χ0) is 21.1. The summed E-state index contributed by atoms with van der Waals surface area (Å²) in [6.45, 7) is 5.03. The van der Waals surface area contributed by atoms with Crippen LogP contribution in [0.25, 0.3) is 0 Å². The lowest BCUT2D eigenvalue weighted by Gasteiger charge is -2.31. The number of hydrogen-bond donors (Lipinski definition) is 1. The number of nitrogens with one attached hydrogen (secondary N) is 1. The molecule has 0 saturated carbocycles. The third kappa shape index (κ3) is 5.11. The van der Waals surface area contributed by atoms with Gasteiger partial charge in [0.25, 0.3) is 0 Å². The lowest BCUT2D eigenvalue weighted by atomic mass is 9.98. The van der Waals surface area contributed by atoms with Gasteiger partial charge in [-0.1, -0.05) is 13.8 Å². The highest BCUT2D eigenvalue weighted by Gasteiger charge is 2.33. The molecule has 1 saturated heterocycles. The van der Waals surface area contributed by atoms with Crippen LogP contribution in [-0.2, 0) is 24.8 Å². The van der Waals surface area contributed by atoms with E-state index < -0.39 is 20.0 Å². The summed E-state index contributed by atoms with van der Waals surface area (Å²) < 4.78 is 52.6. The lowest BCUT2D eigenvalue weighted by Crippen LogP contribution is -2.45. The predicted molar refractivity (Wildman–Crippen MR) is 107 cm³/mol. The molecule has 1 aliphatic heterocycles. The van der Waals surface area contributed by atoms with E-state index in [0.29, 0.717) is 31.8 Å². The first kappa shape index (κ1) is 22.8. The van der Waals surface area contributed by atoms with Crippen molar-refractivity contribution < 1.29 is 21.6 Å². The molecule has 1 aromatic rings. The van der Waals surface area contributed by atoms with Crippen molar-refractivity contribution in [3.63, 3.8) is 0 Å². The fourth-order valence-electron chi connectivity index (χ4n) is 2.97.